The molecule has 31 heavy (non-hydrogen) atoms. The van der Waals surface area contributed by atoms with Crippen molar-refractivity contribution in [1.29, 1.82) is 0 Å². The number of H-pyrrole nitrogens is 1. The molecule has 154 valence electrons. The van der Waals surface area contributed by atoms with E-state index in [0.29, 0.717) is 12.8 Å². The van der Waals surface area contributed by atoms with Crippen LogP contribution >= 0.6 is 0 Å². The van der Waals surface area contributed by atoms with Gasteiger partial charge in [-0.05, 0) is 70.4 Å². The number of rotatable bonds is 5. The number of hydrogen-bond acceptors (Lipinski definition) is 2. The molecule has 0 bridgehead atoms. The first-order valence-electron chi connectivity index (χ1n) is 10.7. The molecule has 1 aromatic heterocycles. The molecular formula is C27H24N2O2. The lowest BCUT2D eigenvalue weighted by Gasteiger charge is -2.17. The molecule has 4 aromatic rings. The van der Waals surface area contributed by atoms with Crippen LogP contribution in [0.1, 0.15) is 41.2 Å². The molecule has 0 saturated heterocycles. The Kier molecular flexibility index (Phi) is 4.91. The van der Waals surface area contributed by atoms with Crippen molar-refractivity contribution in [3.63, 3.8) is 0 Å². The predicted molar refractivity (Wildman–Crippen MR) is 124 cm³/mol. The molecule has 5 rings (SSSR count). The van der Waals surface area contributed by atoms with Gasteiger partial charge in [0.05, 0.1) is 17.6 Å². The number of nitrogens with zero attached hydrogens (tertiary/aromatic N) is 1. The van der Waals surface area contributed by atoms with Crippen molar-refractivity contribution >= 4 is 28.0 Å². The second kappa shape index (κ2) is 7.88. The topological polar surface area (TPSA) is 66.0 Å². The maximum absolute atomic E-state index is 11.5. The molecule has 4 heteroatoms. The summed E-state index contributed by atoms with van der Waals surface area (Å²) in [6.45, 7) is 2.19. The lowest BCUT2D eigenvalue weighted by molar-refractivity contribution is -0.141. The van der Waals surface area contributed by atoms with E-state index >= 15 is 0 Å². The first kappa shape index (κ1) is 19.3. The van der Waals surface area contributed by atoms with Crippen molar-refractivity contribution in [3.8, 4) is 0 Å². The first-order valence-corrected chi connectivity index (χ1v) is 10.7. The molecule has 0 amide bonds. The minimum absolute atomic E-state index is 0.320. The summed E-state index contributed by atoms with van der Waals surface area (Å²) in [5, 5.41) is 17.8. The summed E-state index contributed by atoms with van der Waals surface area (Å²) in [6.07, 6.45) is 3.95. The second-order valence-electron chi connectivity index (χ2n) is 8.17. The number of aliphatic carboxylic acids is 1. The molecule has 0 aliphatic heterocycles. The van der Waals surface area contributed by atoms with E-state index in [2.05, 4.69) is 77.8 Å². The number of carboxylic acid groups (broad SMARTS) is 1. The lowest BCUT2D eigenvalue weighted by Crippen LogP contribution is -2.12. The Bertz CT molecular complexity index is 1300. The summed E-state index contributed by atoms with van der Waals surface area (Å²) in [7, 11) is 0. The Morgan fingerprint density at radius 3 is 2.48 bits per heavy atom. The number of carboxylic acids is 1. The monoisotopic (exact) mass is 408 g/mol. The SMILES string of the molecule is CCC(=C(c1ccc2c(c1)CC(C(=O)O)C2)c1ccc2[nH]ncc2c1)c1ccccc1. The van der Waals surface area contributed by atoms with Crippen LogP contribution in [0.5, 0.6) is 0 Å². The zero-order valence-electron chi connectivity index (χ0n) is 17.4. The van der Waals surface area contributed by atoms with Crippen LogP contribution < -0.4 is 0 Å². The molecule has 1 unspecified atom stereocenters. The maximum Gasteiger partial charge on any atom is 0.307 e. The van der Waals surface area contributed by atoms with E-state index in [4.69, 9.17) is 0 Å². The van der Waals surface area contributed by atoms with E-state index in [9.17, 15) is 9.90 Å². The normalized spacial score (nSPS) is 16.2. The third-order valence-electron chi connectivity index (χ3n) is 6.28. The lowest BCUT2D eigenvalue weighted by atomic mass is 9.87. The van der Waals surface area contributed by atoms with Gasteiger partial charge in [0.25, 0.3) is 0 Å². The largest absolute Gasteiger partial charge is 0.481 e. The smallest absolute Gasteiger partial charge is 0.307 e. The van der Waals surface area contributed by atoms with Gasteiger partial charge in [0.15, 0.2) is 0 Å². The Labute approximate surface area is 181 Å². The molecule has 0 radical (unpaired) electrons. The highest BCUT2D eigenvalue weighted by Crippen LogP contribution is 2.38. The van der Waals surface area contributed by atoms with Gasteiger partial charge >= 0.3 is 5.97 Å². The van der Waals surface area contributed by atoms with E-state index < -0.39 is 5.97 Å². The second-order valence-corrected chi connectivity index (χ2v) is 8.17. The van der Waals surface area contributed by atoms with Gasteiger partial charge in [-0.25, -0.2) is 0 Å². The molecule has 0 saturated carbocycles. The van der Waals surface area contributed by atoms with Gasteiger partial charge in [0, 0.05) is 5.39 Å². The van der Waals surface area contributed by atoms with Crippen LogP contribution in [0.3, 0.4) is 0 Å². The average Bonchev–Trinajstić information content (AvgIpc) is 3.44. The number of hydrogen-bond donors (Lipinski definition) is 2. The minimum Gasteiger partial charge on any atom is -0.481 e. The number of allylic oxidation sites excluding steroid dienone is 1. The number of fused-ring (bicyclic) bond motifs is 2. The van der Waals surface area contributed by atoms with Crippen molar-refractivity contribution in [2.45, 2.75) is 26.2 Å². The molecule has 3 aromatic carbocycles. The summed E-state index contributed by atoms with van der Waals surface area (Å²) in [5.74, 6) is -1.03. The molecule has 1 aliphatic rings. The quantitative estimate of drug-likeness (QED) is 0.414. The fourth-order valence-corrected chi connectivity index (χ4v) is 4.73. The Morgan fingerprint density at radius 2 is 1.71 bits per heavy atom. The highest BCUT2D eigenvalue weighted by molar-refractivity contribution is 6.00. The van der Waals surface area contributed by atoms with E-state index in [0.717, 1.165) is 39.6 Å². The zero-order valence-corrected chi connectivity index (χ0v) is 17.4. The maximum atomic E-state index is 11.5. The van der Waals surface area contributed by atoms with Crippen LogP contribution in [0.15, 0.2) is 72.9 Å². The highest BCUT2D eigenvalue weighted by Gasteiger charge is 2.27. The summed E-state index contributed by atoms with van der Waals surface area (Å²) in [5.41, 5.74) is 9.26. The van der Waals surface area contributed by atoms with Crippen molar-refractivity contribution in [1.82, 2.24) is 10.2 Å². The van der Waals surface area contributed by atoms with Gasteiger partial charge in [0.2, 0.25) is 0 Å². The third-order valence-corrected chi connectivity index (χ3v) is 6.28. The Balaban J connectivity index is 1.71. The summed E-state index contributed by atoms with van der Waals surface area (Å²) < 4.78 is 0. The third kappa shape index (κ3) is 3.55. The van der Waals surface area contributed by atoms with Crippen LogP contribution in [-0.4, -0.2) is 21.3 Å². The van der Waals surface area contributed by atoms with Crippen molar-refractivity contribution in [3.05, 3.63) is 101 Å². The number of aromatic nitrogens is 2. The molecule has 2 N–H and O–H groups in total. The summed E-state index contributed by atoms with van der Waals surface area (Å²) >= 11 is 0. The van der Waals surface area contributed by atoms with E-state index in [-0.39, 0.29) is 5.92 Å². The fourth-order valence-electron chi connectivity index (χ4n) is 4.73. The van der Waals surface area contributed by atoms with Crippen LogP contribution in [0, 0.1) is 5.92 Å². The Morgan fingerprint density at radius 1 is 0.968 bits per heavy atom. The molecule has 1 aliphatic carbocycles. The van der Waals surface area contributed by atoms with Gasteiger partial charge in [-0.1, -0.05) is 61.5 Å². The minimum atomic E-state index is -0.711. The van der Waals surface area contributed by atoms with E-state index in [1.807, 2.05) is 12.3 Å². The predicted octanol–water partition coefficient (Wildman–Crippen LogP) is 5.73. The van der Waals surface area contributed by atoms with Crippen LogP contribution in [-0.2, 0) is 17.6 Å². The van der Waals surface area contributed by atoms with Gasteiger partial charge in [-0.15, -0.1) is 0 Å². The number of nitrogens with one attached hydrogen (secondary N) is 1. The van der Waals surface area contributed by atoms with Crippen LogP contribution in [0.4, 0.5) is 0 Å². The molecule has 0 spiro atoms. The highest BCUT2D eigenvalue weighted by atomic mass is 16.4. The molecule has 1 atom stereocenters. The summed E-state index contributed by atoms with van der Waals surface area (Å²) in [4.78, 5) is 11.5. The zero-order chi connectivity index (χ0) is 21.4. The molecule has 4 nitrogen and oxygen atoms in total. The van der Waals surface area contributed by atoms with Gasteiger partial charge in [0.1, 0.15) is 0 Å². The standard InChI is InChI=1S/C27H24N2O2/c1-2-24(17-6-4-3-5-7-17)26(20-10-11-25-23(14-20)16-28-29-25)19-9-8-18-12-22(27(30)31)15-21(18)13-19/h3-11,13-14,16,22H,2,12,15H2,1H3,(H,28,29)(H,30,31). The van der Waals surface area contributed by atoms with Crippen molar-refractivity contribution < 1.29 is 9.90 Å². The van der Waals surface area contributed by atoms with Crippen molar-refractivity contribution in [2.24, 2.45) is 5.92 Å². The van der Waals surface area contributed by atoms with Gasteiger partial charge in [-0.3, -0.25) is 9.89 Å². The Hall–Kier alpha value is -3.66. The first-order chi connectivity index (χ1) is 15.1. The molecule has 0 fully saturated rings. The number of aromatic amines is 1. The van der Waals surface area contributed by atoms with E-state index in [1.165, 1.54) is 16.7 Å². The van der Waals surface area contributed by atoms with Crippen LogP contribution in [0.2, 0.25) is 0 Å². The number of benzene rings is 3. The molecular weight excluding hydrogens is 384 g/mol. The fraction of sp³-hybridized carbons (Fsp3) is 0.185. The van der Waals surface area contributed by atoms with E-state index in [1.54, 1.807) is 0 Å². The molecule has 1 heterocycles. The average molecular weight is 409 g/mol. The van der Waals surface area contributed by atoms with Gasteiger partial charge in [-0.2, -0.15) is 5.10 Å². The van der Waals surface area contributed by atoms with Gasteiger partial charge < -0.3 is 5.11 Å². The van der Waals surface area contributed by atoms with Crippen molar-refractivity contribution in [2.75, 3.05) is 0 Å². The van der Waals surface area contributed by atoms with Crippen LogP contribution in [0.25, 0.3) is 22.0 Å². The number of carbonyl (C=O) groups is 1. The summed E-state index contributed by atoms with van der Waals surface area (Å²) in [6, 6.07) is 23.3.